The number of carbonyl (C=O) groups excluding carboxylic acids is 1. The Bertz CT molecular complexity index is 547. The van der Waals surface area contributed by atoms with Gasteiger partial charge in [-0.3, -0.25) is 4.79 Å². The molecule has 7 heteroatoms. The Morgan fingerprint density at radius 3 is 2.28 bits per heavy atom. The van der Waals surface area contributed by atoms with E-state index in [9.17, 15) is 13.2 Å². The quantitative estimate of drug-likeness (QED) is 0.798. The van der Waals surface area contributed by atoms with Crippen molar-refractivity contribution in [1.29, 1.82) is 0 Å². The molecule has 3 aliphatic rings. The van der Waals surface area contributed by atoms with Gasteiger partial charge < -0.3 is 10.2 Å². The van der Waals surface area contributed by atoms with Gasteiger partial charge in [-0.05, 0) is 44.6 Å². The number of halogens is 1. The summed E-state index contributed by atoms with van der Waals surface area (Å²) < 4.78 is 26.5. The smallest absolute Gasteiger partial charge is 0.241 e. The molecule has 0 aromatic heterocycles. The lowest BCUT2D eigenvalue weighted by Crippen LogP contribution is -2.53. The highest BCUT2D eigenvalue weighted by Gasteiger charge is 2.47. The Morgan fingerprint density at radius 2 is 1.64 bits per heavy atom. The zero-order valence-corrected chi connectivity index (χ0v) is 17.1. The van der Waals surface area contributed by atoms with Crippen LogP contribution in [0.2, 0.25) is 0 Å². The molecule has 2 heterocycles. The van der Waals surface area contributed by atoms with Gasteiger partial charge in [-0.2, -0.15) is 0 Å². The van der Waals surface area contributed by atoms with Gasteiger partial charge in [0.25, 0.3) is 0 Å². The summed E-state index contributed by atoms with van der Waals surface area (Å²) in [5, 5.41) is 2.22. The number of amides is 1. The zero-order chi connectivity index (χ0) is 17.3. The number of sulfone groups is 1. The van der Waals surface area contributed by atoms with Crippen molar-refractivity contribution < 1.29 is 13.2 Å². The molecule has 1 amide bonds. The van der Waals surface area contributed by atoms with Crippen LogP contribution in [-0.2, 0) is 14.6 Å². The van der Waals surface area contributed by atoms with Crippen molar-refractivity contribution in [3.63, 3.8) is 0 Å². The SMILES string of the molecule is CC(C)C(C(=O)N1C2CCNCC1CC2)S(=O)(=O)C1CCCCC1.Cl. The fourth-order valence-corrected chi connectivity index (χ4v) is 7.46. The van der Waals surface area contributed by atoms with Crippen molar-refractivity contribution in [2.24, 2.45) is 5.92 Å². The maximum absolute atomic E-state index is 13.4. The molecule has 3 atom stereocenters. The number of hydrogen-bond acceptors (Lipinski definition) is 4. The first-order valence-corrected chi connectivity index (χ1v) is 11.3. The Morgan fingerprint density at radius 1 is 1.00 bits per heavy atom. The van der Waals surface area contributed by atoms with Crippen molar-refractivity contribution >= 4 is 28.2 Å². The molecule has 1 saturated carbocycles. The van der Waals surface area contributed by atoms with E-state index in [4.69, 9.17) is 0 Å². The van der Waals surface area contributed by atoms with E-state index in [2.05, 4.69) is 5.32 Å². The molecule has 0 radical (unpaired) electrons. The van der Waals surface area contributed by atoms with Gasteiger partial charge in [0.2, 0.25) is 5.91 Å². The molecule has 3 rings (SSSR count). The predicted molar refractivity (Wildman–Crippen MR) is 103 cm³/mol. The fourth-order valence-electron chi connectivity index (χ4n) is 4.90. The van der Waals surface area contributed by atoms with Crippen LogP contribution in [0.25, 0.3) is 0 Å². The third kappa shape index (κ3) is 4.16. The summed E-state index contributed by atoms with van der Waals surface area (Å²) >= 11 is 0. The number of hydrogen-bond donors (Lipinski definition) is 1. The Labute approximate surface area is 158 Å². The minimum atomic E-state index is -3.41. The van der Waals surface area contributed by atoms with Crippen LogP contribution in [0.15, 0.2) is 0 Å². The first-order chi connectivity index (χ1) is 11.4. The number of fused-ring (bicyclic) bond motifs is 2. The van der Waals surface area contributed by atoms with E-state index in [1.165, 1.54) is 0 Å². The van der Waals surface area contributed by atoms with E-state index in [0.29, 0.717) is 0 Å². The van der Waals surface area contributed by atoms with Crippen LogP contribution in [0.1, 0.15) is 65.2 Å². The standard InChI is InChI=1S/C18H32N2O3S.ClH/c1-13(2)17(24(22,23)16-6-4-3-5-7-16)18(21)20-14-8-9-15(20)12-19-11-10-14;/h13-17,19H,3-12H2,1-2H3;1H. The van der Waals surface area contributed by atoms with Gasteiger partial charge in [-0.25, -0.2) is 8.42 Å². The Balaban J connectivity index is 0.00000225. The minimum absolute atomic E-state index is 0. The number of nitrogens with zero attached hydrogens (tertiary/aromatic N) is 1. The highest BCUT2D eigenvalue weighted by molar-refractivity contribution is 7.93. The maximum Gasteiger partial charge on any atom is 0.241 e. The van der Waals surface area contributed by atoms with Crippen LogP contribution >= 0.6 is 12.4 Å². The molecule has 0 aromatic carbocycles. The molecule has 2 aliphatic heterocycles. The fraction of sp³-hybridized carbons (Fsp3) is 0.944. The normalized spacial score (nSPS) is 29.2. The first-order valence-electron chi connectivity index (χ1n) is 9.68. The van der Waals surface area contributed by atoms with E-state index in [1.807, 2.05) is 18.7 Å². The highest BCUT2D eigenvalue weighted by Crippen LogP contribution is 2.34. The lowest BCUT2D eigenvalue weighted by atomic mass is 10.0. The summed E-state index contributed by atoms with van der Waals surface area (Å²) in [6.07, 6.45) is 7.49. The van der Waals surface area contributed by atoms with Gasteiger partial charge >= 0.3 is 0 Å². The first kappa shape index (κ1) is 21.0. The summed E-state index contributed by atoms with van der Waals surface area (Å²) in [5.41, 5.74) is 0. The summed E-state index contributed by atoms with van der Waals surface area (Å²) in [6.45, 7) is 5.50. The molecule has 3 unspecified atom stereocenters. The van der Waals surface area contributed by atoms with Crippen LogP contribution in [0, 0.1) is 5.92 Å². The molecule has 146 valence electrons. The number of carbonyl (C=O) groups is 1. The molecule has 0 aromatic rings. The minimum Gasteiger partial charge on any atom is -0.334 e. The van der Waals surface area contributed by atoms with E-state index in [-0.39, 0.29) is 41.6 Å². The predicted octanol–water partition coefficient (Wildman–Crippen LogP) is 2.53. The van der Waals surface area contributed by atoms with E-state index >= 15 is 0 Å². The highest BCUT2D eigenvalue weighted by atomic mass is 35.5. The molecule has 1 N–H and O–H groups in total. The summed E-state index contributed by atoms with van der Waals surface area (Å²) in [5.74, 6) is -0.285. The Kier molecular flexibility index (Phi) is 7.19. The van der Waals surface area contributed by atoms with Crippen LogP contribution in [0.5, 0.6) is 0 Å². The lowest BCUT2D eigenvalue weighted by molar-refractivity contribution is -0.134. The molecular formula is C18H33ClN2O3S. The van der Waals surface area contributed by atoms with Crippen molar-refractivity contribution in [2.75, 3.05) is 13.1 Å². The molecule has 5 nitrogen and oxygen atoms in total. The average Bonchev–Trinajstić information content (AvgIpc) is 2.80. The van der Waals surface area contributed by atoms with E-state index < -0.39 is 15.1 Å². The van der Waals surface area contributed by atoms with Gasteiger partial charge in [0.1, 0.15) is 5.25 Å². The molecule has 2 bridgehead atoms. The average molecular weight is 393 g/mol. The van der Waals surface area contributed by atoms with Gasteiger partial charge in [0.15, 0.2) is 9.84 Å². The summed E-state index contributed by atoms with van der Waals surface area (Å²) in [6, 6.07) is 0.396. The van der Waals surface area contributed by atoms with Crippen LogP contribution < -0.4 is 5.32 Å². The molecule has 0 spiro atoms. The third-order valence-electron chi connectivity index (χ3n) is 6.13. The molecule has 3 fully saturated rings. The second kappa shape index (κ2) is 8.57. The summed E-state index contributed by atoms with van der Waals surface area (Å²) in [7, 11) is -3.41. The molecule has 2 saturated heterocycles. The second-order valence-electron chi connectivity index (χ2n) is 8.14. The van der Waals surface area contributed by atoms with Crippen LogP contribution in [0.4, 0.5) is 0 Å². The van der Waals surface area contributed by atoms with Crippen molar-refractivity contribution in [3.05, 3.63) is 0 Å². The topological polar surface area (TPSA) is 66.5 Å². The van der Waals surface area contributed by atoms with Crippen molar-refractivity contribution in [3.8, 4) is 0 Å². The molecular weight excluding hydrogens is 360 g/mol. The lowest BCUT2D eigenvalue weighted by Gasteiger charge is -2.35. The largest absolute Gasteiger partial charge is 0.334 e. The second-order valence-corrected chi connectivity index (χ2v) is 10.5. The number of nitrogens with one attached hydrogen (secondary N) is 1. The monoisotopic (exact) mass is 392 g/mol. The van der Waals surface area contributed by atoms with Gasteiger partial charge in [0.05, 0.1) is 5.25 Å². The van der Waals surface area contributed by atoms with Crippen molar-refractivity contribution in [2.45, 2.75) is 87.8 Å². The van der Waals surface area contributed by atoms with Crippen molar-refractivity contribution in [1.82, 2.24) is 10.2 Å². The molecule has 1 aliphatic carbocycles. The zero-order valence-electron chi connectivity index (χ0n) is 15.4. The van der Waals surface area contributed by atoms with Crippen LogP contribution in [-0.4, -0.2) is 54.9 Å². The Hall–Kier alpha value is -0.330. The number of rotatable bonds is 4. The van der Waals surface area contributed by atoms with Gasteiger partial charge in [0, 0.05) is 18.6 Å². The summed E-state index contributed by atoms with van der Waals surface area (Å²) in [4.78, 5) is 15.3. The third-order valence-corrected chi connectivity index (χ3v) is 8.98. The van der Waals surface area contributed by atoms with Gasteiger partial charge in [-0.1, -0.05) is 33.1 Å². The van der Waals surface area contributed by atoms with E-state index in [0.717, 1.165) is 64.5 Å². The van der Waals surface area contributed by atoms with E-state index in [1.54, 1.807) is 0 Å². The molecule has 25 heavy (non-hydrogen) atoms. The van der Waals surface area contributed by atoms with Crippen LogP contribution in [0.3, 0.4) is 0 Å². The maximum atomic E-state index is 13.4. The van der Waals surface area contributed by atoms with Gasteiger partial charge in [-0.15, -0.1) is 12.4 Å².